The Balaban J connectivity index is 2.19. The maximum absolute atomic E-state index is 13.7. The topological polar surface area (TPSA) is 9.23 Å². The molecule has 1 aliphatic carbocycles. The average Bonchev–Trinajstić information content (AvgIpc) is 2.29. The molecule has 1 nitrogen and oxygen atoms in total. The third kappa shape index (κ3) is 1.36. The first-order chi connectivity index (χ1) is 7.36. The summed E-state index contributed by atoms with van der Waals surface area (Å²) >= 11 is 0. The molecule has 1 heterocycles. The van der Waals surface area contributed by atoms with Crippen molar-refractivity contribution in [2.75, 3.05) is 6.61 Å². The van der Waals surface area contributed by atoms with Gasteiger partial charge < -0.3 is 4.74 Å². The van der Waals surface area contributed by atoms with Crippen molar-refractivity contribution < 1.29 is 9.13 Å². The third-order valence-corrected chi connectivity index (χ3v) is 3.14. The molecule has 0 radical (unpaired) electrons. The van der Waals surface area contributed by atoms with Crippen LogP contribution in [0.2, 0.25) is 0 Å². The van der Waals surface area contributed by atoms with E-state index in [9.17, 15) is 4.39 Å². The van der Waals surface area contributed by atoms with Crippen LogP contribution in [0.5, 0.6) is 5.75 Å². The number of hydrogen-bond donors (Lipinski definition) is 0. The zero-order chi connectivity index (χ0) is 10.3. The van der Waals surface area contributed by atoms with Crippen molar-refractivity contribution in [1.82, 2.24) is 0 Å². The highest BCUT2D eigenvalue weighted by Crippen LogP contribution is 2.38. The minimum Gasteiger partial charge on any atom is -0.493 e. The highest BCUT2D eigenvalue weighted by molar-refractivity contribution is 5.64. The molecule has 0 saturated carbocycles. The molecule has 3 rings (SSSR count). The zero-order valence-electron chi connectivity index (χ0n) is 8.50. The van der Waals surface area contributed by atoms with Crippen LogP contribution in [-0.2, 0) is 6.42 Å². The molecule has 0 bridgehead atoms. The van der Waals surface area contributed by atoms with Gasteiger partial charge in [-0.3, -0.25) is 0 Å². The molecule has 1 aromatic carbocycles. The summed E-state index contributed by atoms with van der Waals surface area (Å²) in [6, 6.07) is 3.78. The molecular weight excluding hydrogens is 191 g/mol. The second-order valence-corrected chi connectivity index (χ2v) is 4.10. The summed E-state index contributed by atoms with van der Waals surface area (Å²) in [5.41, 5.74) is 3.09. The van der Waals surface area contributed by atoms with Gasteiger partial charge in [-0.25, -0.2) is 4.39 Å². The Morgan fingerprint density at radius 2 is 2.27 bits per heavy atom. The lowest BCUT2D eigenvalue weighted by atomic mass is 9.89. The summed E-state index contributed by atoms with van der Waals surface area (Å²) in [6.07, 6.45) is 5.68. The summed E-state index contributed by atoms with van der Waals surface area (Å²) in [4.78, 5) is 0. The molecule has 1 unspecified atom stereocenters. The largest absolute Gasteiger partial charge is 0.493 e. The summed E-state index contributed by atoms with van der Waals surface area (Å²) in [6.45, 7) is 0.786. The molecule has 0 amide bonds. The van der Waals surface area contributed by atoms with E-state index in [4.69, 9.17) is 4.74 Å². The van der Waals surface area contributed by atoms with Gasteiger partial charge in [0.15, 0.2) is 0 Å². The normalized spacial score (nSPS) is 22.9. The van der Waals surface area contributed by atoms with Crippen molar-refractivity contribution in [3.8, 4) is 5.75 Å². The number of rotatable bonds is 0. The molecule has 1 aromatic rings. The summed E-state index contributed by atoms with van der Waals surface area (Å²) in [5.74, 6) is 0.943. The number of allylic oxidation sites excluding steroid dienone is 1. The van der Waals surface area contributed by atoms with Gasteiger partial charge in [0.1, 0.15) is 11.9 Å². The van der Waals surface area contributed by atoms with E-state index in [-0.39, 0.29) is 0 Å². The molecule has 0 fully saturated rings. The lowest BCUT2D eigenvalue weighted by molar-refractivity contribution is 0.286. The number of ether oxygens (including phenoxy) is 1. The van der Waals surface area contributed by atoms with Crippen LogP contribution in [0.3, 0.4) is 0 Å². The molecule has 15 heavy (non-hydrogen) atoms. The predicted molar refractivity (Wildman–Crippen MR) is 57.8 cm³/mol. The van der Waals surface area contributed by atoms with Crippen molar-refractivity contribution in [2.24, 2.45) is 0 Å². The lowest BCUT2D eigenvalue weighted by Crippen LogP contribution is -2.12. The van der Waals surface area contributed by atoms with Crippen molar-refractivity contribution >= 4 is 6.08 Å². The van der Waals surface area contributed by atoms with Gasteiger partial charge in [0.05, 0.1) is 6.61 Å². The third-order valence-electron chi connectivity index (χ3n) is 3.14. The number of alkyl halides is 1. The average molecular weight is 204 g/mol. The van der Waals surface area contributed by atoms with Gasteiger partial charge in [-0.15, -0.1) is 0 Å². The van der Waals surface area contributed by atoms with Gasteiger partial charge in [-0.1, -0.05) is 18.2 Å². The van der Waals surface area contributed by atoms with Gasteiger partial charge >= 0.3 is 0 Å². The highest BCUT2D eigenvalue weighted by atomic mass is 19.1. The summed E-state index contributed by atoms with van der Waals surface area (Å²) in [5, 5.41) is 0. The van der Waals surface area contributed by atoms with Crippen LogP contribution in [0.1, 0.15) is 35.7 Å². The molecular formula is C13H13FO. The first kappa shape index (κ1) is 8.96. The van der Waals surface area contributed by atoms with E-state index in [1.165, 1.54) is 5.56 Å². The zero-order valence-corrected chi connectivity index (χ0v) is 8.50. The Hall–Kier alpha value is -1.31. The van der Waals surface area contributed by atoms with Gasteiger partial charge in [-0.05, 0) is 30.0 Å². The van der Waals surface area contributed by atoms with Crippen LogP contribution < -0.4 is 4.74 Å². The first-order valence-corrected chi connectivity index (χ1v) is 5.45. The van der Waals surface area contributed by atoms with Crippen molar-refractivity contribution in [1.29, 1.82) is 0 Å². The van der Waals surface area contributed by atoms with Crippen molar-refractivity contribution in [2.45, 2.75) is 25.4 Å². The van der Waals surface area contributed by atoms with Crippen LogP contribution >= 0.6 is 0 Å². The van der Waals surface area contributed by atoms with Gasteiger partial charge in [0.25, 0.3) is 0 Å². The second-order valence-electron chi connectivity index (χ2n) is 4.10. The fourth-order valence-electron chi connectivity index (χ4n) is 2.39. The Morgan fingerprint density at radius 1 is 1.33 bits per heavy atom. The molecule has 1 atom stereocenters. The molecule has 0 spiro atoms. The summed E-state index contributed by atoms with van der Waals surface area (Å²) in [7, 11) is 0. The quantitative estimate of drug-likeness (QED) is 0.629. The predicted octanol–water partition coefficient (Wildman–Crippen LogP) is 3.44. The number of fused-ring (bicyclic) bond motifs is 3. The first-order valence-electron chi connectivity index (χ1n) is 5.45. The Labute approximate surface area is 88.6 Å². The fraction of sp³-hybridized carbons (Fsp3) is 0.385. The SMILES string of the molecule is FC1CC=Cc2c1ccc1c2CCCO1. The standard InChI is InChI=1S/C13H13FO/c14-12-5-1-3-9-10(12)6-7-13-11(9)4-2-8-15-13/h1,3,6-7,12H,2,4-5,8H2. The minimum absolute atomic E-state index is 0.507. The number of halogens is 1. The van der Waals surface area contributed by atoms with Crippen LogP contribution in [0.25, 0.3) is 6.08 Å². The fourth-order valence-corrected chi connectivity index (χ4v) is 2.39. The molecule has 78 valence electrons. The van der Waals surface area contributed by atoms with Crippen LogP contribution in [0.15, 0.2) is 18.2 Å². The number of hydrogen-bond acceptors (Lipinski definition) is 1. The molecule has 2 aliphatic rings. The molecule has 0 aromatic heterocycles. The van der Waals surface area contributed by atoms with E-state index in [2.05, 4.69) is 0 Å². The maximum Gasteiger partial charge on any atom is 0.129 e. The Kier molecular flexibility index (Phi) is 2.01. The van der Waals surface area contributed by atoms with Crippen molar-refractivity contribution in [3.63, 3.8) is 0 Å². The van der Waals surface area contributed by atoms with Gasteiger partial charge in [0.2, 0.25) is 0 Å². The highest BCUT2D eigenvalue weighted by Gasteiger charge is 2.22. The van der Waals surface area contributed by atoms with Gasteiger partial charge in [0, 0.05) is 12.0 Å². The lowest BCUT2D eigenvalue weighted by Gasteiger charge is -2.24. The Morgan fingerprint density at radius 3 is 3.20 bits per heavy atom. The maximum atomic E-state index is 13.7. The van der Waals surface area contributed by atoms with Crippen molar-refractivity contribution in [3.05, 3.63) is 34.9 Å². The smallest absolute Gasteiger partial charge is 0.129 e. The molecule has 0 N–H and O–H groups in total. The monoisotopic (exact) mass is 204 g/mol. The van der Waals surface area contributed by atoms with E-state index < -0.39 is 6.17 Å². The second kappa shape index (κ2) is 3.37. The van der Waals surface area contributed by atoms with Crippen LogP contribution in [0, 0.1) is 0 Å². The van der Waals surface area contributed by atoms with E-state index in [0.717, 1.165) is 36.3 Å². The Bertz CT molecular complexity index is 423. The van der Waals surface area contributed by atoms with E-state index in [0.29, 0.717) is 6.42 Å². The molecule has 0 saturated heterocycles. The molecule has 1 aliphatic heterocycles. The van der Waals surface area contributed by atoms with E-state index >= 15 is 0 Å². The minimum atomic E-state index is -0.836. The van der Waals surface area contributed by atoms with Crippen LogP contribution in [0.4, 0.5) is 4.39 Å². The van der Waals surface area contributed by atoms with E-state index in [1.807, 2.05) is 24.3 Å². The van der Waals surface area contributed by atoms with Crippen LogP contribution in [-0.4, -0.2) is 6.61 Å². The number of benzene rings is 1. The van der Waals surface area contributed by atoms with E-state index in [1.54, 1.807) is 0 Å². The summed E-state index contributed by atoms with van der Waals surface area (Å²) < 4.78 is 19.2. The van der Waals surface area contributed by atoms with Gasteiger partial charge in [-0.2, -0.15) is 0 Å². The molecule has 2 heteroatoms.